The molecule has 0 spiro atoms. The highest BCUT2D eigenvalue weighted by Crippen LogP contribution is 2.21. The number of ether oxygens (including phenoxy) is 3. The first-order chi connectivity index (χ1) is 11.9. The summed E-state index contributed by atoms with van der Waals surface area (Å²) in [6.07, 6.45) is 2.96. The molecule has 0 N–H and O–H groups in total. The monoisotopic (exact) mass is 399 g/mol. The second kappa shape index (κ2) is 9.99. The Morgan fingerprint density at radius 1 is 1.08 bits per heavy atom. The summed E-state index contributed by atoms with van der Waals surface area (Å²) in [6, 6.07) is 9.87. The first-order valence-corrected chi connectivity index (χ1v) is 7.95. The number of hydrogen-bond acceptors (Lipinski definition) is 6. The Balaban J connectivity index is 0.00000338. The predicted octanol–water partition coefficient (Wildman–Crippen LogP) is 3.71. The lowest BCUT2D eigenvalue weighted by Gasteiger charge is -2.24. The zero-order valence-corrected chi connectivity index (χ0v) is 15.9. The van der Waals surface area contributed by atoms with Gasteiger partial charge in [-0.3, -0.25) is 4.98 Å². The van der Waals surface area contributed by atoms with Crippen LogP contribution in [0, 0.1) is 0 Å². The van der Waals surface area contributed by atoms with Gasteiger partial charge in [0.1, 0.15) is 19.0 Å². The van der Waals surface area contributed by atoms with Crippen molar-refractivity contribution in [2.45, 2.75) is 19.4 Å². The van der Waals surface area contributed by atoms with Gasteiger partial charge < -0.3 is 14.2 Å². The number of nitrogens with zero attached hydrogens (tertiary/aromatic N) is 1. The van der Waals surface area contributed by atoms with Crippen molar-refractivity contribution in [2.75, 3.05) is 13.2 Å². The highest BCUT2D eigenvalue weighted by atomic mass is 35.5. The molecular weight excluding hydrogens is 381 g/mol. The van der Waals surface area contributed by atoms with E-state index in [1.807, 2.05) is 0 Å². The lowest BCUT2D eigenvalue weighted by Crippen LogP contribution is -2.40. The largest absolute Gasteiger partial charge is 0.476 e. The van der Waals surface area contributed by atoms with Crippen molar-refractivity contribution >= 4 is 35.9 Å². The van der Waals surface area contributed by atoms with Crippen LogP contribution in [0.4, 0.5) is 0 Å². The molecule has 0 bridgehead atoms. The number of aromatic nitrogens is 1. The van der Waals surface area contributed by atoms with Crippen LogP contribution in [0.1, 0.15) is 24.2 Å². The molecule has 0 aliphatic rings. The Kier molecular flexibility index (Phi) is 8.35. The summed E-state index contributed by atoms with van der Waals surface area (Å²) in [4.78, 5) is 27.7. The van der Waals surface area contributed by atoms with E-state index in [9.17, 15) is 9.59 Å². The van der Waals surface area contributed by atoms with Crippen LogP contribution in [0.15, 0.2) is 48.8 Å². The summed E-state index contributed by atoms with van der Waals surface area (Å²) in [6.45, 7) is 3.05. The molecule has 0 aliphatic heterocycles. The number of rotatable bonds is 7. The van der Waals surface area contributed by atoms with Crippen molar-refractivity contribution in [3.63, 3.8) is 0 Å². The van der Waals surface area contributed by atoms with Gasteiger partial charge in [-0.2, -0.15) is 0 Å². The second-order valence-corrected chi connectivity index (χ2v) is 6.02. The van der Waals surface area contributed by atoms with E-state index in [2.05, 4.69) is 4.98 Å². The smallest absolute Gasteiger partial charge is 0.350 e. The maximum atomic E-state index is 12.1. The van der Waals surface area contributed by atoms with Crippen molar-refractivity contribution < 1.29 is 23.8 Å². The van der Waals surface area contributed by atoms with Gasteiger partial charge in [-0.25, -0.2) is 9.59 Å². The summed E-state index contributed by atoms with van der Waals surface area (Å²) in [5.74, 6) is -0.602. The molecule has 6 nitrogen and oxygen atoms in total. The number of carbonyl (C=O) groups excluding carboxylic acids is 2. The van der Waals surface area contributed by atoms with Gasteiger partial charge >= 0.3 is 11.9 Å². The Labute approximate surface area is 162 Å². The molecule has 140 valence electrons. The van der Waals surface area contributed by atoms with Gasteiger partial charge in [-0.1, -0.05) is 11.6 Å². The molecule has 0 atom stereocenters. The van der Waals surface area contributed by atoms with Gasteiger partial charge in [-0.05, 0) is 50.2 Å². The number of benzene rings is 1. The molecule has 0 saturated carbocycles. The SMILES string of the molecule is CC(C)(Oc1ccc(Cl)cc1)C(=O)OCCOC(=O)c1cccnc1.Cl. The zero-order valence-electron chi connectivity index (χ0n) is 14.3. The van der Waals surface area contributed by atoms with Crippen molar-refractivity contribution in [3.8, 4) is 5.75 Å². The second-order valence-electron chi connectivity index (χ2n) is 5.58. The van der Waals surface area contributed by atoms with E-state index < -0.39 is 17.5 Å². The molecule has 0 saturated heterocycles. The van der Waals surface area contributed by atoms with Crippen molar-refractivity contribution in [1.82, 2.24) is 4.98 Å². The third-order valence-corrected chi connectivity index (χ3v) is 3.38. The molecule has 0 unspecified atom stereocenters. The van der Waals surface area contributed by atoms with Crippen LogP contribution in [0.2, 0.25) is 5.02 Å². The minimum Gasteiger partial charge on any atom is -0.476 e. The van der Waals surface area contributed by atoms with E-state index in [1.54, 1.807) is 56.4 Å². The Morgan fingerprint density at radius 2 is 1.73 bits per heavy atom. The molecule has 26 heavy (non-hydrogen) atoms. The summed E-state index contributed by atoms with van der Waals surface area (Å²) >= 11 is 5.81. The zero-order chi connectivity index (χ0) is 18.3. The third kappa shape index (κ3) is 6.54. The van der Waals surface area contributed by atoms with Gasteiger partial charge in [0.2, 0.25) is 0 Å². The number of pyridine rings is 1. The van der Waals surface area contributed by atoms with Crippen LogP contribution in [0.25, 0.3) is 0 Å². The van der Waals surface area contributed by atoms with Crippen LogP contribution in [0.5, 0.6) is 5.75 Å². The standard InChI is InChI=1S/C18H18ClNO5.ClH/c1-18(2,25-15-7-5-14(19)6-8-15)17(22)24-11-10-23-16(21)13-4-3-9-20-12-13;/h3-9,12H,10-11H2,1-2H3;1H. The minimum atomic E-state index is -1.19. The number of halogens is 2. The average molecular weight is 400 g/mol. The van der Waals surface area contributed by atoms with Crippen molar-refractivity contribution in [1.29, 1.82) is 0 Å². The summed E-state index contributed by atoms with van der Waals surface area (Å²) < 4.78 is 15.7. The highest BCUT2D eigenvalue weighted by molar-refractivity contribution is 6.30. The number of hydrogen-bond donors (Lipinski definition) is 0. The van der Waals surface area contributed by atoms with E-state index in [0.717, 1.165) is 0 Å². The van der Waals surface area contributed by atoms with Gasteiger partial charge in [0.25, 0.3) is 0 Å². The number of esters is 2. The van der Waals surface area contributed by atoms with Crippen LogP contribution in [-0.4, -0.2) is 35.7 Å². The van der Waals surface area contributed by atoms with Gasteiger partial charge in [0.05, 0.1) is 5.56 Å². The van der Waals surface area contributed by atoms with E-state index in [1.165, 1.54) is 6.20 Å². The minimum absolute atomic E-state index is 0. The Morgan fingerprint density at radius 3 is 2.35 bits per heavy atom. The topological polar surface area (TPSA) is 74.7 Å². The van der Waals surface area contributed by atoms with Crippen LogP contribution in [-0.2, 0) is 14.3 Å². The molecule has 2 aromatic rings. The average Bonchev–Trinajstić information content (AvgIpc) is 2.61. The van der Waals surface area contributed by atoms with Crippen molar-refractivity contribution in [2.24, 2.45) is 0 Å². The summed E-state index contributed by atoms with van der Waals surface area (Å²) in [7, 11) is 0. The number of carbonyl (C=O) groups is 2. The van der Waals surface area contributed by atoms with Crippen LogP contribution >= 0.6 is 24.0 Å². The highest BCUT2D eigenvalue weighted by Gasteiger charge is 2.31. The fourth-order valence-corrected chi connectivity index (χ4v) is 1.97. The van der Waals surface area contributed by atoms with Crippen LogP contribution < -0.4 is 4.74 Å². The van der Waals surface area contributed by atoms with Crippen molar-refractivity contribution in [3.05, 3.63) is 59.4 Å². The maximum Gasteiger partial charge on any atom is 0.350 e. The quantitative estimate of drug-likeness (QED) is 0.521. The molecule has 8 heteroatoms. The molecule has 0 aliphatic carbocycles. The van der Waals surface area contributed by atoms with E-state index in [-0.39, 0.29) is 25.6 Å². The molecule has 0 amide bonds. The molecule has 2 rings (SSSR count). The normalized spacial score (nSPS) is 10.4. The molecule has 1 heterocycles. The van der Waals surface area contributed by atoms with Gasteiger partial charge in [-0.15, -0.1) is 12.4 Å². The Bertz CT molecular complexity index is 720. The molecule has 0 radical (unpaired) electrons. The lowest BCUT2D eigenvalue weighted by molar-refractivity contribution is -0.160. The molecule has 0 fully saturated rings. The Hall–Kier alpha value is -2.31. The molecular formula is C18H19Cl2NO5. The third-order valence-electron chi connectivity index (χ3n) is 3.13. The van der Waals surface area contributed by atoms with Gasteiger partial charge in [0, 0.05) is 17.4 Å². The summed E-state index contributed by atoms with van der Waals surface area (Å²) in [5, 5.41) is 0.572. The fraction of sp³-hybridized carbons (Fsp3) is 0.278. The predicted molar refractivity (Wildman–Crippen MR) is 98.9 cm³/mol. The fourth-order valence-electron chi connectivity index (χ4n) is 1.85. The first kappa shape index (κ1) is 21.7. The summed E-state index contributed by atoms with van der Waals surface area (Å²) in [5.41, 5.74) is -0.860. The van der Waals surface area contributed by atoms with E-state index >= 15 is 0 Å². The lowest BCUT2D eigenvalue weighted by atomic mass is 10.1. The first-order valence-electron chi connectivity index (χ1n) is 7.57. The van der Waals surface area contributed by atoms with Crippen LogP contribution in [0.3, 0.4) is 0 Å². The van der Waals surface area contributed by atoms with Gasteiger partial charge in [0.15, 0.2) is 5.60 Å². The van der Waals surface area contributed by atoms with E-state index in [4.69, 9.17) is 25.8 Å². The molecule has 1 aromatic carbocycles. The van der Waals surface area contributed by atoms with E-state index in [0.29, 0.717) is 16.3 Å². The maximum absolute atomic E-state index is 12.1. The molecule has 1 aromatic heterocycles.